The second-order valence-corrected chi connectivity index (χ2v) is 6.43. The van der Waals surface area contributed by atoms with Crippen molar-refractivity contribution < 1.29 is 14.6 Å². The summed E-state index contributed by atoms with van der Waals surface area (Å²) in [4.78, 5) is 12.0. The van der Waals surface area contributed by atoms with Gasteiger partial charge in [0.05, 0.1) is 17.2 Å². The molecule has 0 bridgehead atoms. The van der Waals surface area contributed by atoms with Crippen LogP contribution in [0.4, 0.5) is 10.5 Å². The van der Waals surface area contributed by atoms with Crippen LogP contribution in [0.1, 0.15) is 45.4 Å². The van der Waals surface area contributed by atoms with Crippen LogP contribution < -0.4 is 15.4 Å². The summed E-state index contributed by atoms with van der Waals surface area (Å²) < 4.78 is 5.36. The Morgan fingerprint density at radius 3 is 2.61 bits per heavy atom. The van der Waals surface area contributed by atoms with Crippen LogP contribution in [0.5, 0.6) is 5.75 Å². The van der Waals surface area contributed by atoms with E-state index in [0.717, 1.165) is 38.5 Å². The molecule has 2 rings (SSSR count). The second kappa shape index (κ2) is 8.41. The topological polar surface area (TPSA) is 70.6 Å². The predicted octanol–water partition coefficient (Wildman–Crippen LogP) is 3.95. The van der Waals surface area contributed by atoms with E-state index < -0.39 is 5.60 Å². The fourth-order valence-corrected chi connectivity index (χ4v) is 3.07. The number of carbonyl (C=O) groups is 1. The van der Waals surface area contributed by atoms with Crippen molar-refractivity contribution in [3.8, 4) is 5.75 Å². The molecule has 2 amide bonds. The number of nitrogens with one attached hydrogen (secondary N) is 2. The highest BCUT2D eigenvalue weighted by atomic mass is 35.5. The number of anilines is 1. The Balaban J connectivity index is 1.85. The number of urea groups is 1. The molecule has 5 nitrogen and oxygen atoms in total. The third-order valence-corrected chi connectivity index (χ3v) is 4.40. The minimum Gasteiger partial charge on any atom is -0.492 e. The first kappa shape index (κ1) is 17.9. The summed E-state index contributed by atoms with van der Waals surface area (Å²) in [5, 5.41) is 16.5. The Kier molecular flexibility index (Phi) is 6.54. The summed E-state index contributed by atoms with van der Waals surface area (Å²) >= 11 is 6.09. The van der Waals surface area contributed by atoms with Gasteiger partial charge in [-0.05, 0) is 38.0 Å². The minimum absolute atomic E-state index is 0.267. The first-order valence-electron chi connectivity index (χ1n) is 8.22. The standard InChI is InChI=1S/C17H25ClN2O3/c1-2-23-15-8-7-13(11-14(15)18)20-16(21)19-12-17(22)9-5-3-4-6-10-17/h7-8,11,22H,2-6,9-10,12H2,1H3,(H2,19,20,21). The highest BCUT2D eigenvalue weighted by molar-refractivity contribution is 6.32. The predicted molar refractivity (Wildman–Crippen MR) is 92.3 cm³/mol. The maximum absolute atomic E-state index is 12.0. The van der Waals surface area contributed by atoms with Gasteiger partial charge < -0.3 is 20.5 Å². The number of halogens is 1. The Morgan fingerprint density at radius 2 is 2.00 bits per heavy atom. The van der Waals surface area contributed by atoms with Crippen molar-refractivity contribution in [2.75, 3.05) is 18.5 Å². The first-order chi connectivity index (χ1) is 11.0. The molecule has 1 aliphatic carbocycles. The fraction of sp³-hybridized carbons (Fsp3) is 0.588. The van der Waals surface area contributed by atoms with Crippen molar-refractivity contribution in [3.05, 3.63) is 23.2 Å². The molecule has 0 aromatic heterocycles. The van der Waals surface area contributed by atoms with Crippen molar-refractivity contribution in [1.29, 1.82) is 0 Å². The summed E-state index contributed by atoms with van der Waals surface area (Å²) in [6, 6.07) is 4.76. The molecule has 0 aliphatic heterocycles. The lowest BCUT2D eigenvalue weighted by Gasteiger charge is -2.26. The van der Waals surface area contributed by atoms with Gasteiger partial charge in [0.15, 0.2) is 0 Å². The molecular formula is C17H25ClN2O3. The quantitative estimate of drug-likeness (QED) is 0.711. The van der Waals surface area contributed by atoms with Crippen LogP contribution >= 0.6 is 11.6 Å². The van der Waals surface area contributed by atoms with Gasteiger partial charge in [0.25, 0.3) is 0 Å². The van der Waals surface area contributed by atoms with Gasteiger partial charge in [-0.1, -0.05) is 37.3 Å². The van der Waals surface area contributed by atoms with Crippen LogP contribution in [0, 0.1) is 0 Å². The van der Waals surface area contributed by atoms with Gasteiger partial charge in [-0.2, -0.15) is 0 Å². The zero-order valence-electron chi connectivity index (χ0n) is 13.5. The van der Waals surface area contributed by atoms with Gasteiger partial charge >= 0.3 is 6.03 Å². The zero-order valence-corrected chi connectivity index (χ0v) is 14.3. The van der Waals surface area contributed by atoms with Gasteiger partial charge in [0.1, 0.15) is 5.75 Å². The average molecular weight is 341 g/mol. The fourth-order valence-electron chi connectivity index (χ4n) is 2.83. The van der Waals surface area contributed by atoms with Crippen molar-refractivity contribution in [1.82, 2.24) is 5.32 Å². The maximum atomic E-state index is 12.0. The number of aliphatic hydroxyl groups is 1. The molecule has 6 heteroatoms. The number of amides is 2. The molecule has 1 saturated carbocycles. The van der Waals surface area contributed by atoms with E-state index in [1.165, 1.54) is 0 Å². The molecule has 23 heavy (non-hydrogen) atoms. The highest BCUT2D eigenvalue weighted by Crippen LogP contribution is 2.28. The number of hydrogen-bond donors (Lipinski definition) is 3. The summed E-state index contributed by atoms with van der Waals surface area (Å²) in [7, 11) is 0. The smallest absolute Gasteiger partial charge is 0.319 e. The monoisotopic (exact) mass is 340 g/mol. The number of rotatable bonds is 5. The van der Waals surface area contributed by atoms with Crippen LogP contribution in [0.3, 0.4) is 0 Å². The van der Waals surface area contributed by atoms with Crippen LogP contribution in [-0.2, 0) is 0 Å². The summed E-state index contributed by atoms with van der Waals surface area (Å²) in [6.45, 7) is 2.68. The molecule has 0 saturated heterocycles. The third kappa shape index (κ3) is 5.59. The van der Waals surface area contributed by atoms with Crippen LogP contribution in [0.25, 0.3) is 0 Å². The summed E-state index contributed by atoms with van der Waals surface area (Å²) in [5.41, 5.74) is -0.201. The Labute approximate surface area is 142 Å². The molecule has 0 heterocycles. The van der Waals surface area contributed by atoms with Crippen molar-refractivity contribution in [3.63, 3.8) is 0 Å². The SMILES string of the molecule is CCOc1ccc(NC(=O)NCC2(O)CCCCCC2)cc1Cl. The number of carbonyl (C=O) groups excluding carboxylic acids is 1. The zero-order chi connectivity index (χ0) is 16.7. The Morgan fingerprint density at radius 1 is 1.30 bits per heavy atom. The molecule has 1 aliphatic rings. The molecule has 128 valence electrons. The summed E-state index contributed by atoms with van der Waals surface area (Å²) in [5.74, 6) is 0.591. The van der Waals surface area contributed by atoms with E-state index in [0.29, 0.717) is 23.1 Å². The Bertz CT molecular complexity index is 529. The summed E-state index contributed by atoms with van der Waals surface area (Å²) in [6.07, 6.45) is 5.80. The van der Waals surface area contributed by atoms with Gasteiger partial charge in [-0.25, -0.2) is 4.79 Å². The molecule has 3 N–H and O–H groups in total. The van der Waals surface area contributed by atoms with Gasteiger partial charge in [0.2, 0.25) is 0 Å². The van der Waals surface area contributed by atoms with Crippen LogP contribution in [-0.4, -0.2) is 29.9 Å². The van der Waals surface area contributed by atoms with Gasteiger partial charge in [-0.15, -0.1) is 0 Å². The minimum atomic E-state index is -0.787. The molecule has 0 radical (unpaired) electrons. The first-order valence-corrected chi connectivity index (χ1v) is 8.60. The lowest BCUT2D eigenvalue weighted by Crippen LogP contribution is -2.44. The number of hydrogen-bond acceptors (Lipinski definition) is 3. The Hall–Kier alpha value is -1.46. The van der Waals surface area contributed by atoms with Crippen LogP contribution in [0.15, 0.2) is 18.2 Å². The molecule has 1 fully saturated rings. The van der Waals surface area contributed by atoms with Crippen molar-refractivity contribution in [2.24, 2.45) is 0 Å². The van der Waals surface area contributed by atoms with E-state index in [1.54, 1.807) is 18.2 Å². The highest BCUT2D eigenvalue weighted by Gasteiger charge is 2.28. The lowest BCUT2D eigenvalue weighted by atomic mass is 9.95. The van der Waals surface area contributed by atoms with E-state index >= 15 is 0 Å². The van der Waals surface area contributed by atoms with E-state index in [9.17, 15) is 9.90 Å². The molecule has 0 unspecified atom stereocenters. The van der Waals surface area contributed by atoms with Gasteiger partial charge in [-0.3, -0.25) is 0 Å². The largest absolute Gasteiger partial charge is 0.492 e. The third-order valence-electron chi connectivity index (χ3n) is 4.10. The van der Waals surface area contributed by atoms with E-state index in [1.807, 2.05) is 6.92 Å². The van der Waals surface area contributed by atoms with Gasteiger partial charge in [0, 0.05) is 12.2 Å². The molecule has 0 atom stereocenters. The second-order valence-electron chi connectivity index (χ2n) is 6.02. The van der Waals surface area contributed by atoms with Crippen molar-refractivity contribution in [2.45, 2.75) is 51.0 Å². The van der Waals surface area contributed by atoms with Crippen molar-refractivity contribution >= 4 is 23.3 Å². The number of benzene rings is 1. The number of ether oxygens (including phenoxy) is 1. The van der Waals surface area contributed by atoms with E-state index in [4.69, 9.17) is 16.3 Å². The molecule has 0 spiro atoms. The molecule has 1 aromatic rings. The van der Waals surface area contributed by atoms with E-state index in [-0.39, 0.29) is 12.6 Å². The maximum Gasteiger partial charge on any atom is 0.319 e. The van der Waals surface area contributed by atoms with Crippen LogP contribution in [0.2, 0.25) is 5.02 Å². The lowest BCUT2D eigenvalue weighted by molar-refractivity contribution is 0.0281. The normalized spacial score (nSPS) is 17.2. The van der Waals surface area contributed by atoms with E-state index in [2.05, 4.69) is 10.6 Å². The average Bonchev–Trinajstić information content (AvgIpc) is 2.74. The molecular weight excluding hydrogens is 316 g/mol. The molecule has 1 aromatic carbocycles.